The monoisotopic (exact) mass is 336 g/mol. The third kappa shape index (κ3) is 2.29. The van der Waals surface area contributed by atoms with Gasteiger partial charge in [-0.3, -0.25) is 0 Å². The lowest BCUT2D eigenvalue weighted by atomic mass is 9.65. The van der Waals surface area contributed by atoms with Crippen molar-refractivity contribution in [2.75, 3.05) is 0 Å². The maximum atomic E-state index is 2.39. The predicted octanol–water partition coefficient (Wildman–Crippen LogP) is 6.86. The van der Waals surface area contributed by atoms with Crippen molar-refractivity contribution in [1.29, 1.82) is 0 Å². The van der Waals surface area contributed by atoms with Gasteiger partial charge in [-0.1, -0.05) is 104 Å². The van der Waals surface area contributed by atoms with Crippen LogP contribution in [-0.2, 0) is 5.41 Å². The molecule has 0 aliphatic heterocycles. The first-order valence-corrected chi connectivity index (χ1v) is 9.86. The highest BCUT2D eigenvalue weighted by Gasteiger charge is 2.45. The Bertz CT molecular complexity index is 942. The highest BCUT2D eigenvalue weighted by atomic mass is 14.5. The summed E-state index contributed by atoms with van der Waals surface area (Å²) < 4.78 is 0. The van der Waals surface area contributed by atoms with Crippen molar-refractivity contribution in [2.45, 2.75) is 37.5 Å². The molecule has 0 N–H and O–H groups in total. The number of allylic oxidation sites excluding steroid dienone is 1. The van der Waals surface area contributed by atoms with Crippen LogP contribution in [0.2, 0.25) is 0 Å². The molecule has 0 atom stereocenters. The third-order valence-corrected chi connectivity index (χ3v) is 6.27. The molecule has 3 aromatic rings. The van der Waals surface area contributed by atoms with Crippen molar-refractivity contribution in [3.63, 3.8) is 0 Å². The number of rotatable bonds is 2. The van der Waals surface area contributed by atoms with Crippen molar-refractivity contribution in [3.8, 4) is 0 Å². The fourth-order valence-corrected chi connectivity index (χ4v) is 5.23. The molecule has 0 aromatic heterocycles. The fraction of sp³-hybridized carbons (Fsp3) is 0.231. The first-order chi connectivity index (χ1) is 12.9. The van der Waals surface area contributed by atoms with Gasteiger partial charge in [-0.05, 0) is 46.2 Å². The molecule has 2 aliphatic rings. The Morgan fingerprint density at radius 1 is 0.538 bits per heavy atom. The minimum atomic E-state index is 0.182. The summed E-state index contributed by atoms with van der Waals surface area (Å²) in [5, 5.41) is 0. The van der Waals surface area contributed by atoms with Crippen molar-refractivity contribution >= 4 is 11.1 Å². The van der Waals surface area contributed by atoms with E-state index in [9.17, 15) is 0 Å². The molecule has 0 bridgehead atoms. The van der Waals surface area contributed by atoms with Gasteiger partial charge in [0.05, 0.1) is 0 Å². The van der Waals surface area contributed by atoms with E-state index in [1.54, 1.807) is 11.1 Å². The predicted molar refractivity (Wildman–Crippen MR) is 110 cm³/mol. The average molecular weight is 336 g/mol. The summed E-state index contributed by atoms with van der Waals surface area (Å²) in [5.41, 5.74) is 8.93. The topological polar surface area (TPSA) is 0 Å². The van der Waals surface area contributed by atoms with E-state index in [4.69, 9.17) is 0 Å². The molecule has 3 aromatic carbocycles. The summed E-state index contributed by atoms with van der Waals surface area (Å²) in [7, 11) is 0. The molecule has 0 amide bonds. The zero-order chi connectivity index (χ0) is 17.4. The van der Waals surface area contributed by atoms with Gasteiger partial charge in [-0.2, -0.15) is 0 Å². The van der Waals surface area contributed by atoms with Crippen LogP contribution in [0.25, 0.3) is 11.1 Å². The molecular weight excluding hydrogens is 312 g/mol. The van der Waals surface area contributed by atoms with Gasteiger partial charge in [-0.25, -0.2) is 0 Å². The smallest absolute Gasteiger partial charge is 0.0221 e. The molecule has 5 rings (SSSR count). The van der Waals surface area contributed by atoms with Crippen LogP contribution in [0.3, 0.4) is 0 Å². The first kappa shape index (κ1) is 15.6. The molecule has 0 nitrogen and oxygen atoms in total. The van der Waals surface area contributed by atoms with Crippen LogP contribution in [0.1, 0.15) is 54.4 Å². The summed E-state index contributed by atoms with van der Waals surface area (Å²) in [6.07, 6.45) is 6.56. The van der Waals surface area contributed by atoms with E-state index in [0.717, 1.165) is 0 Å². The molecule has 26 heavy (non-hydrogen) atoms. The summed E-state index contributed by atoms with van der Waals surface area (Å²) in [6.45, 7) is 0. The molecule has 1 spiro atoms. The SMILES string of the molecule is c1ccc(C2=C(c3ccccc3)C3(CCCCC3)c3ccccc32)cc1. The number of hydrogen-bond donors (Lipinski definition) is 0. The fourth-order valence-electron chi connectivity index (χ4n) is 5.23. The maximum Gasteiger partial charge on any atom is 0.0221 e. The Hall–Kier alpha value is -2.60. The normalized spacial score (nSPS) is 18.2. The largest absolute Gasteiger partial charge is 0.0622 e. The van der Waals surface area contributed by atoms with E-state index in [2.05, 4.69) is 84.9 Å². The van der Waals surface area contributed by atoms with Crippen LogP contribution < -0.4 is 0 Å². The Morgan fingerprint density at radius 2 is 1.12 bits per heavy atom. The van der Waals surface area contributed by atoms with Gasteiger partial charge >= 0.3 is 0 Å². The van der Waals surface area contributed by atoms with Gasteiger partial charge in [0.1, 0.15) is 0 Å². The molecule has 0 saturated heterocycles. The quantitative estimate of drug-likeness (QED) is 0.479. The van der Waals surface area contributed by atoms with Crippen LogP contribution in [0.15, 0.2) is 84.9 Å². The zero-order valence-electron chi connectivity index (χ0n) is 15.1. The first-order valence-electron chi connectivity index (χ1n) is 9.86. The lowest BCUT2D eigenvalue weighted by Crippen LogP contribution is -2.28. The van der Waals surface area contributed by atoms with Crippen LogP contribution in [-0.4, -0.2) is 0 Å². The minimum absolute atomic E-state index is 0.182. The van der Waals surface area contributed by atoms with Crippen LogP contribution in [0.5, 0.6) is 0 Å². The van der Waals surface area contributed by atoms with Crippen molar-refractivity contribution in [3.05, 3.63) is 107 Å². The number of hydrogen-bond acceptors (Lipinski definition) is 0. The van der Waals surface area contributed by atoms with Gasteiger partial charge < -0.3 is 0 Å². The van der Waals surface area contributed by atoms with E-state index < -0.39 is 0 Å². The molecule has 1 fully saturated rings. The Morgan fingerprint density at radius 3 is 1.81 bits per heavy atom. The highest BCUT2D eigenvalue weighted by molar-refractivity contribution is 6.07. The highest BCUT2D eigenvalue weighted by Crippen LogP contribution is 2.58. The second-order valence-electron chi connectivity index (χ2n) is 7.67. The third-order valence-electron chi connectivity index (χ3n) is 6.27. The van der Waals surface area contributed by atoms with E-state index in [1.807, 2.05) is 0 Å². The molecule has 0 radical (unpaired) electrons. The maximum absolute atomic E-state index is 2.39. The van der Waals surface area contributed by atoms with Gasteiger partial charge in [0.25, 0.3) is 0 Å². The van der Waals surface area contributed by atoms with Crippen molar-refractivity contribution in [2.24, 2.45) is 0 Å². The molecule has 0 heteroatoms. The molecule has 0 unspecified atom stereocenters. The van der Waals surface area contributed by atoms with E-state index >= 15 is 0 Å². The van der Waals surface area contributed by atoms with E-state index in [0.29, 0.717) is 0 Å². The zero-order valence-corrected chi connectivity index (χ0v) is 15.1. The van der Waals surface area contributed by atoms with Gasteiger partial charge in [0.15, 0.2) is 0 Å². The number of benzene rings is 3. The summed E-state index contributed by atoms with van der Waals surface area (Å²) in [6, 6.07) is 31.3. The van der Waals surface area contributed by atoms with Crippen molar-refractivity contribution < 1.29 is 0 Å². The summed E-state index contributed by atoms with van der Waals surface area (Å²) in [5.74, 6) is 0. The minimum Gasteiger partial charge on any atom is -0.0622 e. The Balaban J connectivity index is 1.86. The molecule has 2 aliphatic carbocycles. The van der Waals surface area contributed by atoms with Crippen LogP contribution in [0.4, 0.5) is 0 Å². The molecular formula is C26H24. The lowest BCUT2D eigenvalue weighted by molar-refractivity contribution is 0.372. The Kier molecular flexibility index (Phi) is 3.78. The van der Waals surface area contributed by atoms with Gasteiger partial charge in [0, 0.05) is 5.41 Å². The summed E-state index contributed by atoms with van der Waals surface area (Å²) >= 11 is 0. The standard InChI is InChI=1S/C26H24/c1-4-12-20(13-5-1)24-22-16-8-9-17-23(22)26(18-10-3-11-19-26)25(24)21-14-6-2-7-15-21/h1-2,4-9,12-17H,3,10-11,18-19H2. The van der Waals surface area contributed by atoms with E-state index in [1.165, 1.54) is 54.4 Å². The lowest BCUT2D eigenvalue weighted by Gasteiger charge is -2.38. The van der Waals surface area contributed by atoms with Crippen molar-refractivity contribution in [1.82, 2.24) is 0 Å². The molecule has 128 valence electrons. The number of fused-ring (bicyclic) bond motifs is 2. The van der Waals surface area contributed by atoms with Gasteiger partial charge in [-0.15, -0.1) is 0 Å². The second kappa shape index (κ2) is 6.29. The van der Waals surface area contributed by atoms with Crippen LogP contribution >= 0.6 is 0 Å². The second-order valence-corrected chi connectivity index (χ2v) is 7.67. The molecule has 1 saturated carbocycles. The van der Waals surface area contributed by atoms with Crippen LogP contribution in [0, 0.1) is 0 Å². The Labute approximate surface area is 156 Å². The van der Waals surface area contributed by atoms with E-state index in [-0.39, 0.29) is 5.41 Å². The summed E-state index contributed by atoms with van der Waals surface area (Å²) in [4.78, 5) is 0. The van der Waals surface area contributed by atoms with Gasteiger partial charge in [0.2, 0.25) is 0 Å². The average Bonchev–Trinajstić information content (AvgIpc) is 3.00. The molecule has 0 heterocycles.